The molecule has 5 heteroatoms. The maximum Gasteiger partial charge on any atom is 0.330 e. The molecule has 0 aliphatic rings. The Labute approximate surface area is 82.6 Å². The van der Waals surface area contributed by atoms with E-state index >= 15 is 0 Å². The van der Waals surface area contributed by atoms with Gasteiger partial charge in [-0.2, -0.15) is 0 Å². The third-order valence-electron chi connectivity index (χ3n) is 1.38. The van der Waals surface area contributed by atoms with E-state index in [1.165, 1.54) is 26.4 Å². The first-order valence-electron chi connectivity index (χ1n) is 4.05. The van der Waals surface area contributed by atoms with Crippen LogP contribution in [0.25, 0.3) is 0 Å². The van der Waals surface area contributed by atoms with E-state index < -0.39 is 12.1 Å². The van der Waals surface area contributed by atoms with Crippen LogP contribution in [0.2, 0.25) is 0 Å². The predicted octanol–water partition coefficient (Wildman–Crippen LogP) is 0.294. The molecular weight excluding hydrogens is 188 g/mol. The van der Waals surface area contributed by atoms with Crippen LogP contribution in [0, 0.1) is 0 Å². The van der Waals surface area contributed by atoms with E-state index in [0.717, 1.165) is 0 Å². The van der Waals surface area contributed by atoms with Gasteiger partial charge in [-0.3, -0.25) is 0 Å². The second kappa shape index (κ2) is 8.40. The molecule has 5 nitrogen and oxygen atoms in total. The second-order valence-electron chi connectivity index (χ2n) is 2.41. The summed E-state index contributed by atoms with van der Waals surface area (Å²) in [5.41, 5.74) is 0. The van der Waals surface area contributed by atoms with Crippen molar-refractivity contribution in [2.75, 3.05) is 21.0 Å². The van der Waals surface area contributed by atoms with Crippen molar-refractivity contribution >= 4 is 12.3 Å². The van der Waals surface area contributed by atoms with Gasteiger partial charge in [-0.25, -0.2) is 4.79 Å². The fourth-order valence-electron chi connectivity index (χ4n) is 0.685. The Bertz CT molecular complexity index is 199. The molecule has 0 fully saturated rings. The number of methoxy groups -OCH3 is 2. The molecule has 0 aliphatic carbocycles. The van der Waals surface area contributed by atoms with Crippen LogP contribution in [0.3, 0.4) is 0 Å². The second-order valence-corrected chi connectivity index (χ2v) is 2.41. The van der Waals surface area contributed by atoms with E-state index in [2.05, 4.69) is 9.47 Å². The van der Waals surface area contributed by atoms with Gasteiger partial charge in [0, 0.05) is 13.2 Å². The smallest absolute Gasteiger partial charge is 0.330 e. The number of hydrogen-bond acceptors (Lipinski definition) is 5. The molecular formula is C9H14O5. The topological polar surface area (TPSA) is 61.8 Å². The maximum absolute atomic E-state index is 10.6. The van der Waals surface area contributed by atoms with Crippen LogP contribution in [0.5, 0.6) is 0 Å². The first-order valence-corrected chi connectivity index (χ1v) is 4.05. The van der Waals surface area contributed by atoms with Crippen LogP contribution in [-0.2, 0) is 23.8 Å². The molecule has 0 rings (SSSR count). The van der Waals surface area contributed by atoms with E-state index in [1.807, 2.05) is 0 Å². The highest BCUT2D eigenvalue weighted by Gasteiger charge is 2.04. The Kier molecular flexibility index (Phi) is 7.68. The molecule has 0 saturated carbocycles. The largest absolute Gasteiger partial charge is 0.466 e. The van der Waals surface area contributed by atoms with Crippen LogP contribution in [0.15, 0.2) is 12.2 Å². The van der Waals surface area contributed by atoms with E-state index in [1.54, 1.807) is 0 Å². The summed E-state index contributed by atoms with van der Waals surface area (Å²) in [5, 5.41) is 0. The summed E-state index contributed by atoms with van der Waals surface area (Å²) in [4.78, 5) is 21.1. The van der Waals surface area contributed by atoms with Gasteiger partial charge in [-0.15, -0.1) is 0 Å². The zero-order chi connectivity index (χ0) is 10.8. The molecule has 0 bridgehead atoms. The Morgan fingerprint density at radius 1 is 1.43 bits per heavy atom. The highest BCUT2D eigenvalue weighted by molar-refractivity contribution is 5.81. The third kappa shape index (κ3) is 6.33. The lowest BCUT2D eigenvalue weighted by atomic mass is 10.2. The van der Waals surface area contributed by atoms with Crippen molar-refractivity contribution < 1.29 is 23.8 Å². The standard InChI is InChI=1S/C9H14O5/c1-12-7-14-8(6-10)4-3-5-9(11)13-2/h3,5-6,8H,4,7H2,1-2H3/b5-3+/t8-/m0/s1. The van der Waals surface area contributed by atoms with Crippen molar-refractivity contribution in [3.63, 3.8) is 0 Å². The van der Waals surface area contributed by atoms with Crippen LogP contribution in [0.1, 0.15) is 6.42 Å². The van der Waals surface area contributed by atoms with Crippen molar-refractivity contribution in [3.05, 3.63) is 12.2 Å². The summed E-state index contributed by atoms with van der Waals surface area (Å²) in [6.45, 7) is 0.0511. The molecule has 0 spiro atoms. The Morgan fingerprint density at radius 3 is 2.64 bits per heavy atom. The maximum atomic E-state index is 10.6. The molecule has 80 valence electrons. The zero-order valence-electron chi connectivity index (χ0n) is 8.26. The van der Waals surface area contributed by atoms with Gasteiger partial charge in [0.1, 0.15) is 19.2 Å². The molecule has 0 saturated heterocycles. The number of carbonyl (C=O) groups excluding carboxylic acids is 2. The number of carbonyl (C=O) groups is 2. The molecule has 0 aliphatic heterocycles. The average Bonchev–Trinajstić information content (AvgIpc) is 2.22. The summed E-state index contributed by atoms with van der Waals surface area (Å²) in [6, 6.07) is 0. The summed E-state index contributed by atoms with van der Waals surface area (Å²) < 4.78 is 14.0. The Hall–Kier alpha value is -1.20. The molecule has 0 N–H and O–H groups in total. The third-order valence-corrected chi connectivity index (χ3v) is 1.38. The fourth-order valence-corrected chi connectivity index (χ4v) is 0.685. The van der Waals surface area contributed by atoms with Gasteiger partial charge >= 0.3 is 5.97 Å². The molecule has 0 aromatic carbocycles. The Morgan fingerprint density at radius 2 is 2.14 bits per heavy atom. The minimum atomic E-state index is -0.587. The first kappa shape index (κ1) is 12.8. The lowest BCUT2D eigenvalue weighted by Gasteiger charge is -2.07. The number of esters is 1. The SMILES string of the molecule is COCO[C@H](C=O)C/C=C/C(=O)OC. The summed E-state index contributed by atoms with van der Waals surface area (Å²) in [6.07, 6.45) is 3.14. The normalized spacial score (nSPS) is 12.7. The van der Waals surface area contributed by atoms with Crippen LogP contribution < -0.4 is 0 Å². The van der Waals surface area contributed by atoms with E-state index in [0.29, 0.717) is 12.7 Å². The summed E-state index contributed by atoms with van der Waals surface area (Å²) in [7, 11) is 2.75. The first-order chi connectivity index (χ1) is 6.74. The van der Waals surface area contributed by atoms with E-state index in [-0.39, 0.29) is 6.79 Å². The van der Waals surface area contributed by atoms with Crippen molar-refractivity contribution in [1.29, 1.82) is 0 Å². The summed E-state index contributed by atoms with van der Waals surface area (Å²) in [5.74, 6) is -0.457. The van der Waals surface area contributed by atoms with Gasteiger partial charge in [0.25, 0.3) is 0 Å². The van der Waals surface area contributed by atoms with Crippen LogP contribution in [0.4, 0.5) is 0 Å². The molecule has 0 amide bonds. The van der Waals surface area contributed by atoms with Gasteiger partial charge in [0.15, 0.2) is 0 Å². The van der Waals surface area contributed by atoms with Crippen molar-refractivity contribution in [3.8, 4) is 0 Å². The van der Waals surface area contributed by atoms with Gasteiger partial charge in [0.05, 0.1) is 7.11 Å². The van der Waals surface area contributed by atoms with Gasteiger partial charge in [-0.1, -0.05) is 6.08 Å². The van der Waals surface area contributed by atoms with E-state index in [9.17, 15) is 9.59 Å². The van der Waals surface area contributed by atoms with E-state index in [4.69, 9.17) is 4.74 Å². The zero-order valence-corrected chi connectivity index (χ0v) is 8.26. The molecule has 0 heterocycles. The molecule has 0 aromatic rings. The average molecular weight is 202 g/mol. The van der Waals surface area contributed by atoms with Crippen molar-refractivity contribution in [2.24, 2.45) is 0 Å². The number of aldehydes is 1. The lowest BCUT2D eigenvalue weighted by Crippen LogP contribution is -2.15. The summed E-state index contributed by atoms with van der Waals surface area (Å²) >= 11 is 0. The lowest BCUT2D eigenvalue weighted by molar-refractivity contribution is -0.135. The number of rotatable bonds is 7. The van der Waals surface area contributed by atoms with Gasteiger partial charge < -0.3 is 19.0 Å². The minimum absolute atomic E-state index is 0.0511. The van der Waals surface area contributed by atoms with Crippen molar-refractivity contribution in [1.82, 2.24) is 0 Å². The van der Waals surface area contributed by atoms with Gasteiger partial charge in [-0.05, 0) is 6.42 Å². The molecule has 14 heavy (non-hydrogen) atoms. The molecule has 0 aromatic heterocycles. The fraction of sp³-hybridized carbons (Fsp3) is 0.556. The molecule has 0 unspecified atom stereocenters. The highest BCUT2D eigenvalue weighted by atomic mass is 16.7. The minimum Gasteiger partial charge on any atom is -0.466 e. The van der Waals surface area contributed by atoms with Crippen LogP contribution >= 0.6 is 0 Å². The van der Waals surface area contributed by atoms with Crippen molar-refractivity contribution in [2.45, 2.75) is 12.5 Å². The predicted molar refractivity (Wildman–Crippen MR) is 48.6 cm³/mol. The molecule has 1 atom stereocenters. The quantitative estimate of drug-likeness (QED) is 0.257. The number of ether oxygens (including phenoxy) is 3. The van der Waals surface area contributed by atoms with Crippen LogP contribution in [-0.4, -0.2) is 39.4 Å². The monoisotopic (exact) mass is 202 g/mol. The highest BCUT2D eigenvalue weighted by Crippen LogP contribution is 1.97. The Balaban J connectivity index is 3.76. The van der Waals surface area contributed by atoms with Gasteiger partial charge in [0.2, 0.25) is 0 Å². The molecule has 0 radical (unpaired) electrons. The number of hydrogen-bond donors (Lipinski definition) is 0.